The summed E-state index contributed by atoms with van der Waals surface area (Å²) in [4.78, 5) is 28.9. The molecule has 0 aromatic heterocycles. The number of ether oxygens (including phenoxy) is 1. The first kappa shape index (κ1) is 20.3. The van der Waals surface area contributed by atoms with Crippen LogP contribution in [0.3, 0.4) is 0 Å². The van der Waals surface area contributed by atoms with E-state index < -0.39 is 11.9 Å². The Hall–Kier alpha value is -2.44. The van der Waals surface area contributed by atoms with E-state index in [1.807, 2.05) is 17.0 Å². The van der Waals surface area contributed by atoms with E-state index in [0.717, 1.165) is 5.56 Å². The monoisotopic (exact) mass is 404 g/mol. The Bertz CT molecular complexity index is 836. The smallest absolute Gasteiger partial charge is 0.328 e. The molecule has 7 heteroatoms. The third-order valence-electron chi connectivity index (χ3n) is 4.73. The van der Waals surface area contributed by atoms with Crippen molar-refractivity contribution >= 4 is 23.5 Å². The van der Waals surface area contributed by atoms with Crippen molar-refractivity contribution < 1.29 is 18.7 Å². The molecule has 0 radical (unpaired) electrons. The number of amides is 1. The van der Waals surface area contributed by atoms with Crippen LogP contribution in [0.1, 0.15) is 28.9 Å². The number of carbonyl (C=O) groups is 2. The minimum atomic E-state index is -0.552. The molecule has 1 atom stereocenters. The number of hydrogen-bond acceptors (Lipinski definition) is 4. The van der Waals surface area contributed by atoms with Gasteiger partial charge in [-0.05, 0) is 42.8 Å². The molecule has 1 heterocycles. The number of rotatable bonds is 5. The highest BCUT2D eigenvalue weighted by atomic mass is 35.5. The molecule has 0 bridgehead atoms. The summed E-state index contributed by atoms with van der Waals surface area (Å²) in [6, 6.07) is 12.2. The SMILES string of the molecule is CCOC(=O)C(c1ccc(Cl)cc1)N1CCN(C(=O)c2cccc(F)c2)CC1. The molecule has 1 fully saturated rings. The Morgan fingerprint density at radius 1 is 1.11 bits per heavy atom. The number of carbonyl (C=O) groups excluding carboxylic acids is 2. The molecule has 1 aliphatic rings. The van der Waals surface area contributed by atoms with Crippen LogP contribution in [0, 0.1) is 5.82 Å². The van der Waals surface area contributed by atoms with Gasteiger partial charge in [-0.3, -0.25) is 9.69 Å². The lowest BCUT2D eigenvalue weighted by atomic mass is 10.0. The summed E-state index contributed by atoms with van der Waals surface area (Å²) in [6.07, 6.45) is 0. The normalized spacial score (nSPS) is 15.9. The van der Waals surface area contributed by atoms with E-state index >= 15 is 0 Å². The van der Waals surface area contributed by atoms with E-state index in [2.05, 4.69) is 0 Å². The van der Waals surface area contributed by atoms with Crippen LogP contribution in [-0.4, -0.2) is 54.5 Å². The molecule has 1 aliphatic heterocycles. The van der Waals surface area contributed by atoms with E-state index in [-0.39, 0.29) is 11.9 Å². The summed E-state index contributed by atoms with van der Waals surface area (Å²) in [5.41, 5.74) is 1.13. The van der Waals surface area contributed by atoms with Crippen molar-refractivity contribution in [1.29, 1.82) is 0 Å². The van der Waals surface area contributed by atoms with Crippen LogP contribution >= 0.6 is 11.6 Å². The first-order valence-corrected chi connectivity index (χ1v) is 9.58. The summed E-state index contributed by atoms with van der Waals surface area (Å²) >= 11 is 5.97. The fraction of sp³-hybridized carbons (Fsp3) is 0.333. The fourth-order valence-electron chi connectivity index (χ4n) is 3.35. The van der Waals surface area contributed by atoms with Gasteiger partial charge in [0.2, 0.25) is 0 Å². The molecule has 148 valence electrons. The number of halogens is 2. The molecular formula is C21H22ClFN2O3. The average Bonchev–Trinajstić information content (AvgIpc) is 2.70. The Morgan fingerprint density at radius 3 is 2.39 bits per heavy atom. The van der Waals surface area contributed by atoms with Gasteiger partial charge < -0.3 is 9.64 Å². The first-order valence-electron chi connectivity index (χ1n) is 9.20. The number of hydrogen-bond donors (Lipinski definition) is 0. The van der Waals surface area contributed by atoms with E-state index in [1.54, 1.807) is 30.0 Å². The lowest BCUT2D eigenvalue weighted by molar-refractivity contribution is -0.150. The molecule has 0 saturated carbocycles. The van der Waals surface area contributed by atoms with E-state index in [1.165, 1.54) is 18.2 Å². The van der Waals surface area contributed by atoms with Gasteiger partial charge >= 0.3 is 5.97 Å². The van der Waals surface area contributed by atoms with Crippen molar-refractivity contribution in [1.82, 2.24) is 9.80 Å². The van der Waals surface area contributed by atoms with Crippen LogP contribution in [0.15, 0.2) is 48.5 Å². The highest BCUT2D eigenvalue weighted by molar-refractivity contribution is 6.30. The summed E-state index contributed by atoms with van der Waals surface area (Å²) in [7, 11) is 0. The lowest BCUT2D eigenvalue weighted by Crippen LogP contribution is -2.51. The van der Waals surface area contributed by atoms with Crippen molar-refractivity contribution in [2.24, 2.45) is 0 Å². The average molecular weight is 405 g/mol. The van der Waals surface area contributed by atoms with Crippen molar-refractivity contribution in [3.05, 3.63) is 70.5 Å². The molecular weight excluding hydrogens is 383 g/mol. The van der Waals surface area contributed by atoms with Gasteiger partial charge in [0, 0.05) is 36.8 Å². The predicted octanol–water partition coefficient (Wildman–Crippen LogP) is 3.54. The Kier molecular flexibility index (Phi) is 6.65. The van der Waals surface area contributed by atoms with Gasteiger partial charge in [-0.2, -0.15) is 0 Å². The number of piperazine rings is 1. The largest absolute Gasteiger partial charge is 0.465 e. The minimum absolute atomic E-state index is 0.210. The quantitative estimate of drug-likeness (QED) is 0.715. The fourth-order valence-corrected chi connectivity index (χ4v) is 3.48. The maximum absolute atomic E-state index is 13.4. The summed E-state index contributed by atoms with van der Waals surface area (Å²) in [5.74, 6) is -0.970. The Morgan fingerprint density at radius 2 is 1.79 bits per heavy atom. The summed E-state index contributed by atoms with van der Waals surface area (Å²) < 4.78 is 18.7. The molecule has 5 nitrogen and oxygen atoms in total. The number of benzene rings is 2. The van der Waals surface area contributed by atoms with E-state index in [0.29, 0.717) is 43.4 Å². The lowest BCUT2D eigenvalue weighted by Gasteiger charge is -2.38. The Balaban J connectivity index is 1.72. The minimum Gasteiger partial charge on any atom is -0.465 e. The molecule has 1 amide bonds. The second-order valence-corrected chi connectivity index (χ2v) is 6.98. The molecule has 3 rings (SSSR count). The molecule has 1 unspecified atom stereocenters. The second kappa shape index (κ2) is 9.17. The van der Waals surface area contributed by atoms with Crippen LogP contribution in [0.2, 0.25) is 5.02 Å². The standard InChI is InChI=1S/C21H22ClFN2O3/c1-2-28-21(27)19(15-6-8-17(22)9-7-15)24-10-12-25(13-11-24)20(26)16-4-3-5-18(23)14-16/h3-9,14,19H,2,10-13H2,1H3. The molecule has 0 aliphatic carbocycles. The highest BCUT2D eigenvalue weighted by Gasteiger charge is 2.32. The highest BCUT2D eigenvalue weighted by Crippen LogP contribution is 2.25. The van der Waals surface area contributed by atoms with Crippen LogP contribution in [0.25, 0.3) is 0 Å². The molecule has 0 spiro atoms. The Labute approximate surface area is 168 Å². The first-order chi connectivity index (χ1) is 13.5. The third-order valence-corrected chi connectivity index (χ3v) is 4.99. The van der Waals surface area contributed by atoms with Crippen LogP contribution in [0.4, 0.5) is 4.39 Å². The van der Waals surface area contributed by atoms with Crippen LogP contribution in [-0.2, 0) is 9.53 Å². The molecule has 1 saturated heterocycles. The van der Waals surface area contributed by atoms with Gasteiger partial charge in [-0.1, -0.05) is 29.8 Å². The molecule has 28 heavy (non-hydrogen) atoms. The van der Waals surface area contributed by atoms with Gasteiger partial charge in [0.25, 0.3) is 5.91 Å². The van der Waals surface area contributed by atoms with E-state index in [4.69, 9.17) is 16.3 Å². The molecule has 0 N–H and O–H groups in total. The zero-order chi connectivity index (χ0) is 20.1. The molecule has 2 aromatic rings. The maximum atomic E-state index is 13.4. The number of nitrogens with zero attached hydrogens (tertiary/aromatic N) is 2. The summed E-state index contributed by atoms with van der Waals surface area (Å²) in [5, 5.41) is 0.594. The van der Waals surface area contributed by atoms with Crippen LogP contribution in [0.5, 0.6) is 0 Å². The van der Waals surface area contributed by atoms with E-state index in [9.17, 15) is 14.0 Å². The maximum Gasteiger partial charge on any atom is 0.328 e. The van der Waals surface area contributed by atoms with Crippen molar-refractivity contribution in [2.45, 2.75) is 13.0 Å². The van der Waals surface area contributed by atoms with Crippen molar-refractivity contribution in [3.63, 3.8) is 0 Å². The second-order valence-electron chi connectivity index (χ2n) is 6.54. The van der Waals surface area contributed by atoms with Gasteiger partial charge in [-0.15, -0.1) is 0 Å². The van der Waals surface area contributed by atoms with Gasteiger partial charge in [-0.25, -0.2) is 9.18 Å². The zero-order valence-electron chi connectivity index (χ0n) is 15.6. The van der Waals surface area contributed by atoms with Crippen molar-refractivity contribution in [3.8, 4) is 0 Å². The zero-order valence-corrected chi connectivity index (χ0v) is 16.4. The third kappa shape index (κ3) is 4.69. The van der Waals surface area contributed by atoms with Crippen molar-refractivity contribution in [2.75, 3.05) is 32.8 Å². The molecule has 2 aromatic carbocycles. The predicted molar refractivity (Wildman–Crippen MR) is 105 cm³/mol. The summed E-state index contributed by atoms with van der Waals surface area (Å²) in [6.45, 7) is 3.96. The topological polar surface area (TPSA) is 49.9 Å². The van der Waals surface area contributed by atoms with Gasteiger partial charge in [0.1, 0.15) is 11.9 Å². The van der Waals surface area contributed by atoms with Gasteiger partial charge in [0.15, 0.2) is 0 Å². The van der Waals surface area contributed by atoms with Gasteiger partial charge in [0.05, 0.1) is 6.61 Å². The van der Waals surface area contributed by atoms with Crippen LogP contribution < -0.4 is 0 Å². The number of esters is 1.